The predicted molar refractivity (Wildman–Crippen MR) is 117 cm³/mol. The van der Waals surface area contributed by atoms with Gasteiger partial charge in [-0.2, -0.15) is 4.31 Å². The Bertz CT molecular complexity index is 1010. The fraction of sp³-hybridized carbons (Fsp3) is 0.435. The Labute approximate surface area is 179 Å². The molecular formula is C23H29N3O3S. The maximum Gasteiger partial charge on any atom is 0.243 e. The van der Waals surface area contributed by atoms with Gasteiger partial charge in [-0.25, -0.2) is 8.42 Å². The molecule has 30 heavy (non-hydrogen) atoms. The van der Waals surface area contributed by atoms with Crippen LogP contribution in [0, 0.1) is 6.92 Å². The number of nitrogens with zero attached hydrogens (tertiary/aromatic N) is 3. The fourth-order valence-corrected chi connectivity index (χ4v) is 5.82. The third kappa shape index (κ3) is 4.15. The van der Waals surface area contributed by atoms with Gasteiger partial charge in [0.2, 0.25) is 15.9 Å². The summed E-state index contributed by atoms with van der Waals surface area (Å²) in [5.74, 6) is 0.0894. The molecular weight excluding hydrogens is 398 g/mol. The fourth-order valence-electron chi connectivity index (χ4n) is 4.40. The lowest BCUT2D eigenvalue weighted by Gasteiger charge is -2.35. The topological polar surface area (TPSA) is 60.9 Å². The molecule has 1 atom stereocenters. The zero-order valence-electron chi connectivity index (χ0n) is 17.6. The van der Waals surface area contributed by atoms with Crippen LogP contribution in [0.5, 0.6) is 0 Å². The highest BCUT2D eigenvalue weighted by molar-refractivity contribution is 7.89. The van der Waals surface area contributed by atoms with Gasteiger partial charge in [-0.15, -0.1) is 0 Å². The van der Waals surface area contributed by atoms with Gasteiger partial charge >= 0.3 is 0 Å². The number of rotatable bonds is 5. The molecule has 0 bridgehead atoms. The van der Waals surface area contributed by atoms with Crippen molar-refractivity contribution in [3.05, 3.63) is 65.2 Å². The van der Waals surface area contributed by atoms with E-state index in [9.17, 15) is 13.2 Å². The Kier molecular flexibility index (Phi) is 5.95. The number of amides is 1. The number of carbonyl (C=O) groups is 1. The van der Waals surface area contributed by atoms with Crippen molar-refractivity contribution in [2.45, 2.75) is 30.7 Å². The minimum Gasteiger partial charge on any atom is -0.338 e. The van der Waals surface area contributed by atoms with Crippen LogP contribution >= 0.6 is 0 Å². The van der Waals surface area contributed by atoms with E-state index in [1.54, 1.807) is 12.1 Å². The van der Waals surface area contributed by atoms with E-state index in [0.717, 1.165) is 18.4 Å². The third-order valence-electron chi connectivity index (χ3n) is 6.31. The molecule has 0 aromatic heterocycles. The zero-order valence-corrected chi connectivity index (χ0v) is 18.4. The second-order valence-electron chi connectivity index (χ2n) is 8.25. The Morgan fingerprint density at radius 1 is 1.03 bits per heavy atom. The number of carbonyl (C=O) groups excluding carboxylic acids is 1. The molecule has 0 N–H and O–H groups in total. The van der Waals surface area contributed by atoms with Crippen LogP contribution < -0.4 is 0 Å². The smallest absolute Gasteiger partial charge is 0.243 e. The summed E-state index contributed by atoms with van der Waals surface area (Å²) in [6.45, 7) is 4.19. The number of likely N-dealkylation sites (N-methyl/N-ethyl adjacent to an activating group) is 1. The van der Waals surface area contributed by atoms with Crippen LogP contribution in [-0.2, 0) is 21.2 Å². The van der Waals surface area contributed by atoms with Gasteiger partial charge in [0.15, 0.2) is 0 Å². The second kappa shape index (κ2) is 8.49. The van der Waals surface area contributed by atoms with Gasteiger partial charge in [0, 0.05) is 33.2 Å². The van der Waals surface area contributed by atoms with Gasteiger partial charge in [-0.3, -0.25) is 9.69 Å². The summed E-state index contributed by atoms with van der Waals surface area (Å²) in [7, 11) is -1.60. The summed E-state index contributed by atoms with van der Waals surface area (Å²) >= 11 is 0. The van der Waals surface area contributed by atoms with E-state index < -0.39 is 10.0 Å². The Morgan fingerprint density at radius 3 is 2.40 bits per heavy atom. The number of aryl methyl sites for hydroxylation is 2. The first-order chi connectivity index (χ1) is 14.4. The minimum atomic E-state index is -3.48. The lowest BCUT2D eigenvalue weighted by Crippen LogP contribution is -2.51. The molecule has 0 spiro atoms. The first kappa shape index (κ1) is 21.0. The molecule has 1 aliphatic carbocycles. The molecule has 7 heteroatoms. The molecule has 1 heterocycles. The van der Waals surface area contributed by atoms with E-state index in [0.29, 0.717) is 37.6 Å². The summed E-state index contributed by atoms with van der Waals surface area (Å²) in [5, 5.41) is 0. The summed E-state index contributed by atoms with van der Waals surface area (Å²) < 4.78 is 27.2. The zero-order chi connectivity index (χ0) is 21.3. The molecule has 1 unspecified atom stereocenters. The number of hydrogen-bond donors (Lipinski definition) is 0. The second-order valence-corrected chi connectivity index (χ2v) is 10.2. The van der Waals surface area contributed by atoms with Crippen LogP contribution in [0.3, 0.4) is 0 Å². The van der Waals surface area contributed by atoms with Crippen LogP contribution in [0.1, 0.15) is 29.2 Å². The number of benzene rings is 2. The van der Waals surface area contributed by atoms with Crippen molar-refractivity contribution >= 4 is 15.9 Å². The molecule has 0 saturated carbocycles. The SMILES string of the molecule is Cc1ccc(S(=O)(=O)N2CCN(CC(=O)N(C)C3CCc4ccccc43)CC2)cc1. The van der Waals surface area contributed by atoms with E-state index in [4.69, 9.17) is 0 Å². The Balaban J connectivity index is 1.33. The van der Waals surface area contributed by atoms with Crippen molar-refractivity contribution in [1.29, 1.82) is 0 Å². The first-order valence-corrected chi connectivity index (χ1v) is 11.9. The highest BCUT2D eigenvalue weighted by Gasteiger charge is 2.32. The predicted octanol–water partition coefficient (Wildman–Crippen LogP) is 2.45. The summed E-state index contributed by atoms with van der Waals surface area (Å²) in [4.78, 5) is 17.1. The quantitative estimate of drug-likeness (QED) is 0.735. The maximum atomic E-state index is 12.9. The Morgan fingerprint density at radius 2 is 1.70 bits per heavy atom. The molecule has 6 nitrogen and oxygen atoms in total. The van der Waals surface area contributed by atoms with Crippen LogP contribution in [0.4, 0.5) is 0 Å². The first-order valence-electron chi connectivity index (χ1n) is 10.5. The number of piperazine rings is 1. The van der Waals surface area contributed by atoms with Crippen LogP contribution in [0.25, 0.3) is 0 Å². The van der Waals surface area contributed by atoms with Gasteiger partial charge in [0.1, 0.15) is 0 Å². The van der Waals surface area contributed by atoms with Crippen LogP contribution in [-0.4, -0.2) is 68.2 Å². The van der Waals surface area contributed by atoms with Crippen molar-refractivity contribution in [2.24, 2.45) is 0 Å². The average molecular weight is 428 g/mol. The molecule has 1 amide bonds. The van der Waals surface area contributed by atoms with Gasteiger partial charge in [0.05, 0.1) is 17.5 Å². The van der Waals surface area contributed by atoms with Crippen molar-refractivity contribution in [3.8, 4) is 0 Å². The maximum absolute atomic E-state index is 12.9. The lowest BCUT2D eigenvalue weighted by atomic mass is 10.1. The van der Waals surface area contributed by atoms with Crippen LogP contribution in [0.15, 0.2) is 53.4 Å². The van der Waals surface area contributed by atoms with Crippen molar-refractivity contribution in [1.82, 2.24) is 14.1 Å². The molecule has 2 aromatic rings. The molecule has 2 aromatic carbocycles. The molecule has 1 fully saturated rings. The average Bonchev–Trinajstić information content (AvgIpc) is 3.18. The minimum absolute atomic E-state index is 0.0894. The van der Waals surface area contributed by atoms with E-state index in [-0.39, 0.29) is 11.9 Å². The monoisotopic (exact) mass is 427 g/mol. The molecule has 1 saturated heterocycles. The van der Waals surface area contributed by atoms with Gasteiger partial charge < -0.3 is 4.90 Å². The summed E-state index contributed by atoms with van der Waals surface area (Å²) in [6, 6.07) is 15.4. The highest BCUT2D eigenvalue weighted by Crippen LogP contribution is 2.34. The number of fused-ring (bicyclic) bond motifs is 1. The van der Waals surface area contributed by atoms with Gasteiger partial charge in [-0.05, 0) is 43.0 Å². The molecule has 1 aliphatic heterocycles. The van der Waals surface area contributed by atoms with E-state index in [2.05, 4.69) is 17.0 Å². The molecule has 2 aliphatic rings. The van der Waals surface area contributed by atoms with Crippen molar-refractivity contribution in [3.63, 3.8) is 0 Å². The molecule has 4 rings (SSSR count). The van der Waals surface area contributed by atoms with E-state index in [1.807, 2.05) is 43.1 Å². The van der Waals surface area contributed by atoms with Gasteiger partial charge in [-0.1, -0.05) is 42.0 Å². The third-order valence-corrected chi connectivity index (χ3v) is 8.22. The number of hydrogen-bond acceptors (Lipinski definition) is 4. The number of sulfonamides is 1. The Hall–Kier alpha value is -2.22. The molecule has 0 radical (unpaired) electrons. The highest BCUT2D eigenvalue weighted by atomic mass is 32.2. The van der Waals surface area contributed by atoms with Crippen LogP contribution in [0.2, 0.25) is 0 Å². The van der Waals surface area contributed by atoms with Crippen molar-refractivity contribution in [2.75, 3.05) is 39.8 Å². The standard InChI is InChI=1S/C23H29N3O3S/c1-18-7-10-20(11-8-18)30(28,29)26-15-13-25(14-16-26)17-23(27)24(2)22-12-9-19-5-3-4-6-21(19)22/h3-8,10-11,22H,9,12-17H2,1-2H3. The molecule has 160 valence electrons. The van der Waals surface area contributed by atoms with E-state index in [1.165, 1.54) is 15.4 Å². The van der Waals surface area contributed by atoms with Crippen molar-refractivity contribution < 1.29 is 13.2 Å². The summed E-state index contributed by atoms with van der Waals surface area (Å²) in [6.07, 6.45) is 1.97. The lowest BCUT2D eigenvalue weighted by molar-refractivity contribution is -0.133. The largest absolute Gasteiger partial charge is 0.338 e. The summed E-state index contributed by atoms with van der Waals surface area (Å²) in [5.41, 5.74) is 3.62. The normalized spacial score (nSPS) is 20.1. The van der Waals surface area contributed by atoms with Gasteiger partial charge in [0.25, 0.3) is 0 Å². The van der Waals surface area contributed by atoms with E-state index >= 15 is 0 Å².